The van der Waals surface area contributed by atoms with Gasteiger partial charge in [0, 0.05) is 11.8 Å². The molecule has 1 aromatic rings. The van der Waals surface area contributed by atoms with E-state index < -0.39 is 6.04 Å². The molecule has 16 heavy (non-hydrogen) atoms. The first-order valence-electron chi connectivity index (χ1n) is 5.40. The molecule has 0 saturated carbocycles. The molecule has 0 aliphatic carbocycles. The molecule has 0 unspecified atom stereocenters. The highest BCUT2D eigenvalue weighted by molar-refractivity contribution is 5.94. The van der Waals surface area contributed by atoms with Crippen molar-refractivity contribution < 1.29 is 9.90 Å². The zero-order chi connectivity index (χ0) is 12.1. The monoisotopic (exact) mass is 222 g/mol. The number of carbonyl (C=O) groups is 1. The lowest BCUT2D eigenvalue weighted by Gasteiger charge is -2.11. The molecule has 0 heterocycles. The van der Waals surface area contributed by atoms with Gasteiger partial charge in [-0.15, -0.1) is 0 Å². The maximum Gasteiger partial charge on any atom is 0.241 e. The standard InChI is InChI=1S/C12H18N2O2/c1-3-4-10(13)12(16)14-9-6-5-8(2)11(15)7-9/h5-7,10,15H,3-4,13H2,1-2H3,(H,14,16)/t10-/m1/s1. The third-order valence-corrected chi connectivity index (χ3v) is 2.41. The van der Waals surface area contributed by atoms with E-state index >= 15 is 0 Å². The molecule has 0 aliphatic heterocycles. The van der Waals surface area contributed by atoms with E-state index in [9.17, 15) is 9.90 Å². The minimum atomic E-state index is -0.492. The largest absolute Gasteiger partial charge is 0.508 e. The van der Waals surface area contributed by atoms with E-state index in [4.69, 9.17) is 5.73 Å². The molecule has 1 atom stereocenters. The third-order valence-electron chi connectivity index (χ3n) is 2.41. The fourth-order valence-corrected chi connectivity index (χ4v) is 1.36. The van der Waals surface area contributed by atoms with Gasteiger partial charge in [0.2, 0.25) is 5.91 Å². The topological polar surface area (TPSA) is 75.4 Å². The Bertz CT molecular complexity index is 377. The van der Waals surface area contributed by atoms with Crippen molar-refractivity contribution in [2.45, 2.75) is 32.7 Å². The maximum atomic E-state index is 11.6. The summed E-state index contributed by atoms with van der Waals surface area (Å²) < 4.78 is 0. The summed E-state index contributed by atoms with van der Waals surface area (Å²) >= 11 is 0. The summed E-state index contributed by atoms with van der Waals surface area (Å²) in [6, 6.07) is 4.52. The van der Waals surface area contributed by atoms with Gasteiger partial charge in [0.1, 0.15) is 5.75 Å². The maximum absolute atomic E-state index is 11.6. The lowest BCUT2D eigenvalue weighted by Crippen LogP contribution is -2.35. The fourth-order valence-electron chi connectivity index (χ4n) is 1.36. The van der Waals surface area contributed by atoms with Crippen molar-refractivity contribution in [3.8, 4) is 5.75 Å². The van der Waals surface area contributed by atoms with Gasteiger partial charge in [-0.2, -0.15) is 0 Å². The van der Waals surface area contributed by atoms with Crippen LogP contribution in [-0.2, 0) is 4.79 Å². The van der Waals surface area contributed by atoms with Gasteiger partial charge in [-0.1, -0.05) is 19.4 Å². The van der Waals surface area contributed by atoms with Crippen molar-refractivity contribution in [1.82, 2.24) is 0 Å². The molecular weight excluding hydrogens is 204 g/mol. The Morgan fingerprint density at radius 3 is 2.81 bits per heavy atom. The zero-order valence-electron chi connectivity index (χ0n) is 9.66. The van der Waals surface area contributed by atoms with Gasteiger partial charge in [0.15, 0.2) is 0 Å². The van der Waals surface area contributed by atoms with Crippen LogP contribution in [0.1, 0.15) is 25.3 Å². The predicted octanol–water partition coefficient (Wildman–Crippen LogP) is 1.77. The molecule has 0 aliphatic rings. The SMILES string of the molecule is CCC[C@@H](N)C(=O)Nc1ccc(C)c(O)c1. The molecule has 1 amide bonds. The van der Waals surface area contributed by atoms with E-state index in [-0.39, 0.29) is 11.7 Å². The molecule has 0 fully saturated rings. The molecule has 0 aromatic heterocycles. The Kier molecular flexibility index (Phi) is 4.31. The van der Waals surface area contributed by atoms with Gasteiger partial charge in [-0.25, -0.2) is 0 Å². The quantitative estimate of drug-likeness (QED) is 0.726. The molecule has 0 spiro atoms. The molecule has 4 nitrogen and oxygen atoms in total. The minimum Gasteiger partial charge on any atom is -0.508 e. The molecule has 0 bridgehead atoms. The van der Waals surface area contributed by atoms with Crippen molar-refractivity contribution in [3.63, 3.8) is 0 Å². The number of anilines is 1. The van der Waals surface area contributed by atoms with Gasteiger partial charge in [0.05, 0.1) is 6.04 Å². The molecule has 4 heteroatoms. The number of amides is 1. The second-order valence-corrected chi connectivity index (χ2v) is 3.89. The summed E-state index contributed by atoms with van der Waals surface area (Å²) in [5, 5.41) is 12.1. The summed E-state index contributed by atoms with van der Waals surface area (Å²) in [5.74, 6) is -0.0491. The highest BCUT2D eigenvalue weighted by Gasteiger charge is 2.12. The Morgan fingerprint density at radius 1 is 1.56 bits per heavy atom. The lowest BCUT2D eigenvalue weighted by atomic mass is 10.1. The number of phenols is 1. The molecule has 1 aromatic carbocycles. The van der Waals surface area contributed by atoms with Crippen molar-refractivity contribution in [2.24, 2.45) is 5.73 Å². The van der Waals surface area contributed by atoms with Crippen molar-refractivity contribution in [1.29, 1.82) is 0 Å². The summed E-state index contributed by atoms with van der Waals surface area (Å²) in [7, 11) is 0. The Morgan fingerprint density at radius 2 is 2.25 bits per heavy atom. The number of phenolic OH excluding ortho intramolecular Hbond substituents is 1. The summed E-state index contributed by atoms with van der Waals surface area (Å²) in [6.07, 6.45) is 1.53. The first kappa shape index (κ1) is 12.5. The summed E-state index contributed by atoms with van der Waals surface area (Å²) in [5.41, 5.74) is 7.01. The molecular formula is C12H18N2O2. The predicted molar refractivity (Wildman–Crippen MR) is 64.4 cm³/mol. The average Bonchev–Trinajstić information content (AvgIpc) is 2.24. The normalized spacial score (nSPS) is 12.2. The highest BCUT2D eigenvalue weighted by atomic mass is 16.3. The second-order valence-electron chi connectivity index (χ2n) is 3.89. The van der Waals surface area contributed by atoms with Gasteiger partial charge in [0.25, 0.3) is 0 Å². The van der Waals surface area contributed by atoms with Crippen LogP contribution in [0.4, 0.5) is 5.69 Å². The van der Waals surface area contributed by atoms with Crippen LogP contribution in [0.3, 0.4) is 0 Å². The zero-order valence-corrected chi connectivity index (χ0v) is 9.66. The molecule has 0 saturated heterocycles. The van der Waals surface area contributed by atoms with E-state index in [1.54, 1.807) is 19.1 Å². The van der Waals surface area contributed by atoms with E-state index in [0.717, 1.165) is 12.0 Å². The van der Waals surface area contributed by atoms with Crippen molar-refractivity contribution >= 4 is 11.6 Å². The number of carbonyl (C=O) groups excluding carboxylic acids is 1. The van der Waals surface area contributed by atoms with Crippen LogP contribution in [-0.4, -0.2) is 17.1 Å². The van der Waals surface area contributed by atoms with Gasteiger partial charge >= 0.3 is 0 Å². The van der Waals surface area contributed by atoms with E-state index in [1.165, 1.54) is 6.07 Å². The number of hydrogen-bond donors (Lipinski definition) is 3. The Hall–Kier alpha value is -1.55. The molecule has 1 rings (SSSR count). The van der Waals surface area contributed by atoms with Crippen LogP contribution < -0.4 is 11.1 Å². The molecule has 88 valence electrons. The lowest BCUT2D eigenvalue weighted by molar-refractivity contribution is -0.117. The number of nitrogens with one attached hydrogen (secondary N) is 1. The number of rotatable bonds is 4. The number of hydrogen-bond acceptors (Lipinski definition) is 3. The number of nitrogens with two attached hydrogens (primary N) is 1. The van der Waals surface area contributed by atoms with Gasteiger partial charge < -0.3 is 16.2 Å². The van der Waals surface area contributed by atoms with Gasteiger partial charge in [-0.3, -0.25) is 4.79 Å². The minimum absolute atomic E-state index is 0.168. The first-order valence-corrected chi connectivity index (χ1v) is 5.40. The smallest absolute Gasteiger partial charge is 0.241 e. The van der Waals surface area contributed by atoms with Crippen LogP contribution in [0.25, 0.3) is 0 Å². The van der Waals surface area contributed by atoms with Crippen LogP contribution in [0, 0.1) is 6.92 Å². The second kappa shape index (κ2) is 5.51. The van der Waals surface area contributed by atoms with E-state index in [0.29, 0.717) is 12.1 Å². The summed E-state index contributed by atoms with van der Waals surface area (Å²) in [6.45, 7) is 3.77. The van der Waals surface area contributed by atoms with Crippen LogP contribution in [0.5, 0.6) is 5.75 Å². The average molecular weight is 222 g/mol. The van der Waals surface area contributed by atoms with E-state index in [2.05, 4.69) is 5.32 Å². The molecule has 0 radical (unpaired) electrons. The number of benzene rings is 1. The Labute approximate surface area is 95.5 Å². The highest BCUT2D eigenvalue weighted by Crippen LogP contribution is 2.20. The Balaban J connectivity index is 2.66. The van der Waals surface area contributed by atoms with Gasteiger partial charge in [-0.05, 0) is 25.0 Å². The number of aromatic hydroxyl groups is 1. The van der Waals surface area contributed by atoms with Crippen molar-refractivity contribution in [2.75, 3.05) is 5.32 Å². The van der Waals surface area contributed by atoms with Crippen molar-refractivity contribution in [3.05, 3.63) is 23.8 Å². The third kappa shape index (κ3) is 3.24. The number of aryl methyl sites for hydroxylation is 1. The molecule has 4 N–H and O–H groups in total. The van der Waals surface area contributed by atoms with Crippen LogP contribution in [0.2, 0.25) is 0 Å². The van der Waals surface area contributed by atoms with E-state index in [1.807, 2.05) is 6.92 Å². The fraction of sp³-hybridized carbons (Fsp3) is 0.417. The van der Waals surface area contributed by atoms with Crippen LogP contribution >= 0.6 is 0 Å². The first-order chi connectivity index (χ1) is 7.54. The van der Waals surface area contributed by atoms with Crippen LogP contribution in [0.15, 0.2) is 18.2 Å². The summed E-state index contributed by atoms with van der Waals surface area (Å²) in [4.78, 5) is 11.6.